The summed E-state index contributed by atoms with van der Waals surface area (Å²) >= 11 is 6.88. The molecular formula is C25H29ClN12O3. The molecule has 2 amide bonds. The monoisotopic (exact) mass is 580 g/mol. The number of imidazole rings is 1. The number of rotatable bonds is 9. The maximum absolute atomic E-state index is 11.8. The zero-order valence-corrected chi connectivity index (χ0v) is 23.3. The van der Waals surface area contributed by atoms with Crippen molar-refractivity contribution >= 4 is 52.4 Å². The first-order chi connectivity index (χ1) is 19.6. The number of carboxylic acid groups (broad SMARTS) is 1. The van der Waals surface area contributed by atoms with E-state index in [1.807, 2.05) is 17.9 Å². The number of piperidine rings is 1. The number of carbonyl (C=O) groups excluding carboxylic acids is 1. The maximum atomic E-state index is 11.8. The van der Waals surface area contributed by atoms with Crippen molar-refractivity contribution in [1.82, 2.24) is 29.8 Å². The maximum Gasteiger partial charge on any atom is 0.407 e. The third-order valence-corrected chi connectivity index (χ3v) is 7.25. The molecule has 1 aliphatic heterocycles. The van der Waals surface area contributed by atoms with E-state index in [1.54, 1.807) is 19.1 Å². The van der Waals surface area contributed by atoms with Gasteiger partial charge in [0.25, 0.3) is 0 Å². The Labute approximate surface area is 240 Å². The molecule has 4 rings (SSSR count). The van der Waals surface area contributed by atoms with E-state index in [-0.39, 0.29) is 23.2 Å². The molecule has 2 aromatic heterocycles. The normalized spacial score (nSPS) is 17.4. The number of nitriles is 2. The molecule has 16 heteroatoms. The van der Waals surface area contributed by atoms with Crippen molar-refractivity contribution in [2.45, 2.75) is 38.4 Å². The van der Waals surface area contributed by atoms with Gasteiger partial charge in [-0.3, -0.25) is 10.1 Å². The van der Waals surface area contributed by atoms with E-state index >= 15 is 0 Å². The summed E-state index contributed by atoms with van der Waals surface area (Å²) in [6.45, 7) is 4.75. The highest BCUT2D eigenvalue weighted by molar-refractivity contribution is 6.36. The Morgan fingerprint density at radius 1 is 1.34 bits per heavy atom. The van der Waals surface area contributed by atoms with Crippen molar-refractivity contribution in [3.8, 4) is 12.1 Å². The molecule has 41 heavy (non-hydrogen) atoms. The number of nitrogens with two attached hydrogens (primary N) is 1. The van der Waals surface area contributed by atoms with Crippen LogP contribution in [-0.4, -0.2) is 86.4 Å². The highest BCUT2D eigenvalue weighted by Crippen LogP contribution is 2.37. The van der Waals surface area contributed by atoms with Crippen molar-refractivity contribution in [3.05, 3.63) is 34.6 Å². The molecule has 15 nitrogen and oxygen atoms in total. The smallest absolute Gasteiger partial charge is 0.407 e. The predicted molar refractivity (Wildman–Crippen MR) is 151 cm³/mol. The average Bonchev–Trinajstić information content (AvgIpc) is 3.37. The molecule has 0 radical (unpaired) electrons. The van der Waals surface area contributed by atoms with Crippen molar-refractivity contribution in [2.75, 3.05) is 42.2 Å². The quantitative estimate of drug-likeness (QED) is 0.244. The first-order valence-electron chi connectivity index (χ1n) is 12.7. The van der Waals surface area contributed by atoms with Gasteiger partial charge in [0.05, 0.1) is 46.3 Å². The number of nitrogens with one attached hydrogen (secondary N) is 3. The van der Waals surface area contributed by atoms with Crippen LogP contribution in [0.5, 0.6) is 0 Å². The second-order valence-corrected chi connectivity index (χ2v) is 9.87. The number of primary amides is 1. The summed E-state index contributed by atoms with van der Waals surface area (Å²) in [4.78, 5) is 35.3. The van der Waals surface area contributed by atoms with Gasteiger partial charge in [-0.2, -0.15) is 20.0 Å². The van der Waals surface area contributed by atoms with Gasteiger partial charge in [0.15, 0.2) is 17.2 Å². The second kappa shape index (κ2) is 12.1. The minimum absolute atomic E-state index is 0.113. The third-order valence-electron chi connectivity index (χ3n) is 6.86. The lowest BCUT2D eigenvalue weighted by Gasteiger charge is -2.44. The lowest BCUT2D eigenvalue weighted by Crippen LogP contribution is -2.62. The fraction of sp³-hybridized carbons (Fsp3) is 0.400. The second-order valence-electron chi connectivity index (χ2n) is 9.49. The molecular weight excluding hydrogens is 552 g/mol. The molecule has 3 aromatic rings. The highest BCUT2D eigenvalue weighted by Gasteiger charge is 2.36. The lowest BCUT2D eigenvalue weighted by molar-refractivity contribution is -0.119. The minimum Gasteiger partial charge on any atom is -0.465 e. The Bertz CT molecular complexity index is 1560. The van der Waals surface area contributed by atoms with Gasteiger partial charge in [0, 0.05) is 32.7 Å². The van der Waals surface area contributed by atoms with Crippen molar-refractivity contribution in [1.29, 1.82) is 10.5 Å². The van der Waals surface area contributed by atoms with Crippen molar-refractivity contribution in [3.63, 3.8) is 0 Å². The highest BCUT2D eigenvalue weighted by atomic mass is 35.5. The van der Waals surface area contributed by atoms with Gasteiger partial charge in [0.2, 0.25) is 11.9 Å². The van der Waals surface area contributed by atoms with Crippen molar-refractivity contribution < 1.29 is 14.7 Å². The molecule has 6 N–H and O–H groups in total. The number of hydrogen-bond donors (Lipinski definition) is 5. The SMILES string of the molecule is CCNc1nc(Nc2cc(C#N)cc(N3CC[C@@H](N(C)C(=O)O)[C@H](N[C@@H](C)C(N)=O)C3)c2Cl)nn2c(C#N)cnc12. The Kier molecular flexibility index (Phi) is 8.61. The van der Waals surface area contributed by atoms with Gasteiger partial charge in [-0.05, 0) is 32.4 Å². The number of halogens is 1. The van der Waals surface area contributed by atoms with E-state index in [4.69, 9.17) is 17.3 Å². The predicted octanol–water partition coefficient (Wildman–Crippen LogP) is 1.72. The summed E-state index contributed by atoms with van der Waals surface area (Å²) in [5.41, 5.74) is 7.23. The van der Waals surface area contributed by atoms with Crippen LogP contribution in [0.3, 0.4) is 0 Å². The lowest BCUT2D eigenvalue weighted by atomic mass is 9.96. The van der Waals surface area contributed by atoms with Crippen LogP contribution in [0.4, 0.5) is 27.9 Å². The standard InChI is InChI=1S/C25H29ClN12O3/c1-4-30-22-23-31-11-15(10-28)38(23)35-24(34-22)33-16-7-14(9-27)8-19(20(16)26)37-6-5-18(36(3)25(40)41)17(12-37)32-13(2)21(29)39/h7-8,11,13,17-18,32H,4-6,12H2,1-3H3,(H2,29,39)(H,40,41)(H2,30,33,34,35)/t13-,17+,18+/m0/s1. The van der Waals surface area contributed by atoms with E-state index in [1.165, 1.54) is 22.7 Å². The molecule has 0 saturated carbocycles. The van der Waals surface area contributed by atoms with Crippen LogP contribution < -0.4 is 26.6 Å². The molecule has 1 aliphatic rings. The molecule has 0 bridgehead atoms. The molecule has 3 atom stereocenters. The number of amides is 2. The van der Waals surface area contributed by atoms with Crippen LogP contribution in [0, 0.1) is 22.7 Å². The number of carbonyl (C=O) groups is 2. The zero-order chi connectivity index (χ0) is 29.8. The van der Waals surface area contributed by atoms with Crippen molar-refractivity contribution in [2.24, 2.45) is 5.73 Å². The molecule has 214 valence electrons. The van der Waals surface area contributed by atoms with Crippen LogP contribution in [-0.2, 0) is 4.79 Å². The van der Waals surface area contributed by atoms with Crippen LogP contribution in [0.1, 0.15) is 31.5 Å². The number of nitrogens with zero attached hydrogens (tertiary/aromatic N) is 8. The summed E-state index contributed by atoms with van der Waals surface area (Å²) in [6.07, 6.45) is 0.722. The largest absolute Gasteiger partial charge is 0.465 e. The Hall–Kier alpha value is -4.86. The number of anilines is 4. The third kappa shape index (κ3) is 6.01. The van der Waals surface area contributed by atoms with Crippen LogP contribution >= 0.6 is 11.6 Å². The van der Waals surface area contributed by atoms with Gasteiger partial charge < -0.3 is 31.3 Å². The molecule has 0 spiro atoms. The van der Waals surface area contributed by atoms with Gasteiger partial charge in [-0.15, -0.1) is 5.10 Å². The molecule has 0 unspecified atom stereocenters. The van der Waals surface area contributed by atoms with E-state index in [0.717, 1.165) is 0 Å². The van der Waals surface area contributed by atoms with Crippen LogP contribution in [0.2, 0.25) is 5.02 Å². The summed E-state index contributed by atoms with van der Waals surface area (Å²) in [7, 11) is 1.48. The Morgan fingerprint density at radius 2 is 2.10 bits per heavy atom. The first kappa shape index (κ1) is 29.1. The van der Waals surface area contributed by atoms with E-state index in [2.05, 4.69) is 37.1 Å². The summed E-state index contributed by atoms with van der Waals surface area (Å²) in [6, 6.07) is 5.76. The first-order valence-corrected chi connectivity index (χ1v) is 13.1. The minimum atomic E-state index is -1.09. The summed E-state index contributed by atoms with van der Waals surface area (Å²) < 4.78 is 1.36. The number of aromatic nitrogens is 4. The van der Waals surface area contributed by atoms with Gasteiger partial charge in [-0.1, -0.05) is 11.6 Å². The van der Waals surface area contributed by atoms with Gasteiger partial charge in [-0.25, -0.2) is 9.78 Å². The number of hydrogen-bond acceptors (Lipinski definition) is 11. The number of likely N-dealkylation sites (N-methyl/N-ethyl adjacent to an activating group) is 1. The van der Waals surface area contributed by atoms with E-state index < -0.39 is 30.1 Å². The van der Waals surface area contributed by atoms with Gasteiger partial charge >= 0.3 is 6.09 Å². The van der Waals surface area contributed by atoms with Gasteiger partial charge in [0.1, 0.15) is 6.07 Å². The summed E-state index contributed by atoms with van der Waals surface area (Å²) in [5.74, 6) is -0.0508. The molecule has 3 heterocycles. The van der Waals surface area contributed by atoms with E-state index in [0.29, 0.717) is 47.9 Å². The molecule has 0 aliphatic carbocycles. The molecule has 1 fully saturated rings. The fourth-order valence-corrected chi connectivity index (χ4v) is 5.02. The van der Waals surface area contributed by atoms with Crippen LogP contribution in [0.15, 0.2) is 18.3 Å². The zero-order valence-electron chi connectivity index (χ0n) is 22.6. The topological polar surface area (TPSA) is 214 Å². The van der Waals surface area contributed by atoms with Crippen LogP contribution in [0.25, 0.3) is 5.65 Å². The number of benzene rings is 1. The summed E-state index contributed by atoms with van der Waals surface area (Å²) in [5, 5.41) is 42.8. The number of fused-ring (bicyclic) bond motifs is 1. The Morgan fingerprint density at radius 3 is 2.73 bits per heavy atom. The molecule has 1 saturated heterocycles. The molecule has 1 aromatic carbocycles. The average molecular weight is 581 g/mol. The van der Waals surface area contributed by atoms with E-state index in [9.17, 15) is 25.2 Å². The fourth-order valence-electron chi connectivity index (χ4n) is 4.74. The Balaban J connectivity index is 1.71.